The standard InChI is InChI=1S/C19H19NO2S/c1-13-18(17-9-5-11-23-17)15-7-2-3-8-16(15)19(20-13)22-12-14-6-4-10-21-14/h2-3,5,7-9,11,14H,4,6,10,12H2,1H3. The zero-order valence-electron chi connectivity index (χ0n) is 13.1. The number of ether oxygens (including phenoxy) is 2. The van der Waals surface area contributed by atoms with Crippen molar-refractivity contribution in [2.45, 2.75) is 25.9 Å². The number of rotatable bonds is 4. The summed E-state index contributed by atoms with van der Waals surface area (Å²) in [5.41, 5.74) is 2.22. The first-order chi connectivity index (χ1) is 11.3. The Bertz CT molecular complexity index is 808. The molecule has 1 unspecified atom stereocenters. The van der Waals surface area contributed by atoms with Gasteiger partial charge in [-0.05, 0) is 42.7 Å². The van der Waals surface area contributed by atoms with Gasteiger partial charge in [-0.1, -0.05) is 24.3 Å². The molecule has 2 aromatic heterocycles. The summed E-state index contributed by atoms with van der Waals surface area (Å²) in [6.07, 6.45) is 2.40. The molecule has 0 radical (unpaired) electrons. The van der Waals surface area contributed by atoms with Gasteiger partial charge in [-0.3, -0.25) is 0 Å². The molecule has 0 spiro atoms. The predicted molar refractivity (Wildman–Crippen MR) is 94.3 cm³/mol. The molecule has 1 saturated heterocycles. The van der Waals surface area contributed by atoms with Crippen LogP contribution in [0.2, 0.25) is 0 Å². The SMILES string of the molecule is Cc1nc(OCC2CCCO2)c2ccccc2c1-c1cccs1. The molecule has 1 fully saturated rings. The minimum absolute atomic E-state index is 0.202. The first-order valence-corrected chi connectivity index (χ1v) is 8.88. The second kappa shape index (κ2) is 6.30. The summed E-state index contributed by atoms with van der Waals surface area (Å²) in [7, 11) is 0. The van der Waals surface area contributed by atoms with E-state index in [4.69, 9.17) is 14.5 Å². The summed E-state index contributed by atoms with van der Waals surface area (Å²) >= 11 is 1.74. The van der Waals surface area contributed by atoms with Crippen LogP contribution in [-0.4, -0.2) is 24.3 Å². The van der Waals surface area contributed by atoms with E-state index in [0.717, 1.165) is 30.5 Å². The van der Waals surface area contributed by atoms with Crippen molar-refractivity contribution in [1.82, 2.24) is 4.98 Å². The number of benzene rings is 1. The first kappa shape index (κ1) is 14.7. The van der Waals surface area contributed by atoms with Crippen LogP contribution in [0.4, 0.5) is 0 Å². The van der Waals surface area contributed by atoms with Crippen LogP contribution in [0.1, 0.15) is 18.5 Å². The van der Waals surface area contributed by atoms with Crippen molar-refractivity contribution in [3.05, 3.63) is 47.5 Å². The Kier molecular flexibility index (Phi) is 4.02. The van der Waals surface area contributed by atoms with Crippen LogP contribution in [0.15, 0.2) is 41.8 Å². The summed E-state index contributed by atoms with van der Waals surface area (Å²) in [5, 5.41) is 4.37. The second-order valence-electron chi connectivity index (χ2n) is 5.85. The van der Waals surface area contributed by atoms with Gasteiger partial charge in [0.15, 0.2) is 0 Å². The van der Waals surface area contributed by atoms with Crippen molar-refractivity contribution in [3.63, 3.8) is 0 Å². The highest BCUT2D eigenvalue weighted by Crippen LogP contribution is 2.37. The van der Waals surface area contributed by atoms with Crippen molar-refractivity contribution < 1.29 is 9.47 Å². The average Bonchev–Trinajstić information content (AvgIpc) is 3.26. The number of aryl methyl sites for hydroxylation is 1. The monoisotopic (exact) mass is 325 g/mol. The van der Waals surface area contributed by atoms with Crippen molar-refractivity contribution in [2.24, 2.45) is 0 Å². The highest BCUT2D eigenvalue weighted by atomic mass is 32.1. The van der Waals surface area contributed by atoms with E-state index in [-0.39, 0.29) is 6.10 Å². The maximum atomic E-state index is 6.02. The van der Waals surface area contributed by atoms with Crippen LogP contribution < -0.4 is 4.74 Å². The van der Waals surface area contributed by atoms with Crippen molar-refractivity contribution in [2.75, 3.05) is 13.2 Å². The van der Waals surface area contributed by atoms with E-state index in [0.29, 0.717) is 12.5 Å². The van der Waals surface area contributed by atoms with E-state index in [1.54, 1.807) is 11.3 Å². The van der Waals surface area contributed by atoms with Gasteiger partial charge in [-0.15, -0.1) is 11.3 Å². The van der Waals surface area contributed by atoms with Gasteiger partial charge in [-0.25, -0.2) is 4.98 Å². The molecule has 0 saturated carbocycles. The fraction of sp³-hybridized carbons (Fsp3) is 0.316. The zero-order valence-corrected chi connectivity index (χ0v) is 13.9. The molecule has 0 amide bonds. The molecule has 3 heterocycles. The number of nitrogens with zero attached hydrogens (tertiary/aromatic N) is 1. The molecule has 4 rings (SSSR count). The van der Waals surface area contributed by atoms with Crippen LogP contribution in [-0.2, 0) is 4.74 Å². The lowest BCUT2D eigenvalue weighted by Gasteiger charge is -2.15. The molecule has 0 bridgehead atoms. The number of thiophene rings is 1. The molecule has 1 aromatic carbocycles. The summed E-state index contributed by atoms with van der Waals surface area (Å²) in [6, 6.07) is 12.6. The van der Waals surface area contributed by atoms with Gasteiger partial charge in [0.25, 0.3) is 0 Å². The molecular formula is C19H19NO2S. The Hall–Kier alpha value is -1.91. The molecule has 23 heavy (non-hydrogen) atoms. The van der Waals surface area contributed by atoms with Gasteiger partial charge >= 0.3 is 0 Å². The molecule has 0 N–H and O–H groups in total. The number of fused-ring (bicyclic) bond motifs is 1. The Labute approximate surface area is 139 Å². The number of hydrogen-bond acceptors (Lipinski definition) is 4. The van der Waals surface area contributed by atoms with E-state index < -0.39 is 0 Å². The number of aromatic nitrogens is 1. The minimum Gasteiger partial charge on any atom is -0.474 e. The van der Waals surface area contributed by atoms with Crippen molar-refractivity contribution in [3.8, 4) is 16.3 Å². The molecular weight excluding hydrogens is 306 g/mol. The Balaban J connectivity index is 1.76. The van der Waals surface area contributed by atoms with Crippen LogP contribution in [0.25, 0.3) is 21.2 Å². The fourth-order valence-corrected chi connectivity index (χ4v) is 3.98. The van der Waals surface area contributed by atoms with E-state index >= 15 is 0 Å². The Morgan fingerprint density at radius 1 is 1.22 bits per heavy atom. The van der Waals surface area contributed by atoms with Crippen molar-refractivity contribution >= 4 is 22.1 Å². The molecule has 1 aliphatic rings. The lowest BCUT2D eigenvalue weighted by atomic mass is 10.0. The van der Waals surface area contributed by atoms with Crippen LogP contribution >= 0.6 is 11.3 Å². The maximum Gasteiger partial charge on any atom is 0.221 e. The molecule has 1 aliphatic heterocycles. The lowest BCUT2D eigenvalue weighted by Crippen LogP contribution is -2.17. The Morgan fingerprint density at radius 3 is 2.83 bits per heavy atom. The number of hydrogen-bond donors (Lipinski definition) is 0. The summed E-state index contributed by atoms with van der Waals surface area (Å²) < 4.78 is 11.7. The van der Waals surface area contributed by atoms with E-state index in [1.807, 2.05) is 6.07 Å². The number of pyridine rings is 1. The van der Waals surface area contributed by atoms with Gasteiger partial charge in [0, 0.05) is 22.4 Å². The largest absolute Gasteiger partial charge is 0.474 e. The van der Waals surface area contributed by atoms with Crippen LogP contribution in [0.5, 0.6) is 5.88 Å². The van der Waals surface area contributed by atoms with Gasteiger partial charge in [0.1, 0.15) is 6.61 Å². The van der Waals surface area contributed by atoms with Crippen LogP contribution in [0.3, 0.4) is 0 Å². The molecule has 0 aliphatic carbocycles. The minimum atomic E-state index is 0.202. The first-order valence-electron chi connectivity index (χ1n) is 8.00. The third-order valence-corrected chi connectivity index (χ3v) is 5.14. The molecule has 3 aromatic rings. The fourth-order valence-electron chi connectivity index (χ4n) is 3.14. The lowest BCUT2D eigenvalue weighted by molar-refractivity contribution is 0.0669. The molecule has 118 valence electrons. The van der Waals surface area contributed by atoms with Gasteiger partial charge in [-0.2, -0.15) is 0 Å². The highest BCUT2D eigenvalue weighted by Gasteiger charge is 2.19. The van der Waals surface area contributed by atoms with E-state index in [9.17, 15) is 0 Å². The van der Waals surface area contributed by atoms with Gasteiger partial charge in [0.05, 0.1) is 11.8 Å². The molecule has 4 heteroatoms. The highest BCUT2D eigenvalue weighted by molar-refractivity contribution is 7.13. The maximum absolute atomic E-state index is 6.02. The third-order valence-electron chi connectivity index (χ3n) is 4.26. The average molecular weight is 325 g/mol. The predicted octanol–water partition coefficient (Wildman–Crippen LogP) is 4.83. The summed E-state index contributed by atoms with van der Waals surface area (Å²) in [5.74, 6) is 0.717. The Morgan fingerprint density at radius 2 is 2.09 bits per heavy atom. The summed E-state index contributed by atoms with van der Waals surface area (Å²) in [4.78, 5) is 5.99. The molecule has 1 atom stereocenters. The van der Waals surface area contributed by atoms with E-state index in [2.05, 4.69) is 42.6 Å². The second-order valence-corrected chi connectivity index (χ2v) is 6.79. The summed E-state index contributed by atoms with van der Waals surface area (Å²) in [6.45, 7) is 3.48. The normalized spacial score (nSPS) is 17.7. The zero-order chi connectivity index (χ0) is 15.6. The van der Waals surface area contributed by atoms with E-state index in [1.165, 1.54) is 15.8 Å². The van der Waals surface area contributed by atoms with Gasteiger partial charge < -0.3 is 9.47 Å². The molecule has 3 nitrogen and oxygen atoms in total. The quantitative estimate of drug-likeness (QED) is 0.688. The van der Waals surface area contributed by atoms with Gasteiger partial charge in [0.2, 0.25) is 5.88 Å². The van der Waals surface area contributed by atoms with Crippen molar-refractivity contribution in [1.29, 1.82) is 0 Å². The third kappa shape index (κ3) is 2.84. The smallest absolute Gasteiger partial charge is 0.221 e. The van der Waals surface area contributed by atoms with Crippen LogP contribution in [0, 0.1) is 6.92 Å². The topological polar surface area (TPSA) is 31.4 Å².